The molecular formula is C72H88N26O4. The number of aromatic nitrogens is 12. The maximum absolute atomic E-state index is 10.4. The fourth-order valence-electron chi connectivity index (χ4n) is 12.9. The topological polar surface area (TPSA) is 310 Å². The highest BCUT2D eigenvalue weighted by molar-refractivity contribution is 6.54. The predicted octanol–water partition coefficient (Wildman–Crippen LogP) is 7.82. The fourth-order valence-corrected chi connectivity index (χ4v) is 12.9. The monoisotopic (exact) mass is 1380 g/mol. The summed E-state index contributed by atoms with van der Waals surface area (Å²) in [5.41, 5.74) is 25.6. The summed E-state index contributed by atoms with van der Waals surface area (Å²) in [5.74, 6) is 0.655. The first-order chi connectivity index (χ1) is 49.3. The maximum atomic E-state index is 10.4. The van der Waals surface area contributed by atoms with Crippen molar-refractivity contribution in [2.24, 2.45) is 31.4 Å². The number of imidazole rings is 2. The van der Waals surface area contributed by atoms with Crippen LogP contribution in [0.5, 0.6) is 23.5 Å². The number of fused-ring (bicyclic) bond motifs is 4. The number of nitrogens with one attached hydrogen (secondary N) is 2. The van der Waals surface area contributed by atoms with E-state index in [0.29, 0.717) is 72.6 Å². The van der Waals surface area contributed by atoms with Crippen molar-refractivity contribution in [1.82, 2.24) is 87.2 Å². The Morgan fingerprint density at radius 2 is 0.706 bits per heavy atom. The van der Waals surface area contributed by atoms with Gasteiger partial charge in [0, 0.05) is 113 Å². The SMILES string of the molecule is Cc1ccc2c(N=C3C(=N)C=C(N)C(=Nc4c(OCCCN5CCN(C)CC5)nn5c(C)c(C)ccc45)N3N3C(=Nc4c(OCCn5ccnc5)nn5c(C)c(C)ccc45)C(=N)C=C(N)C3=Nc3c(OCCn4ccnc4)nn4c(C)c(C)ccc34)c(OCCCN3CCN(C)CC3)nn2c1C. The molecule has 0 aliphatic carbocycles. The smallest absolute Gasteiger partial charge is 0.260 e. The van der Waals surface area contributed by atoms with Crippen molar-refractivity contribution < 1.29 is 18.9 Å². The molecule has 10 aromatic heterocycles. The average Bonchev–Trinajstić information content (AvgIpc) is 1.29. The lowest BCUT2D eigenvalue weighted by atomic mass is 10.1. The number of aryl methyl sites for hydroxylation is 8. The second kappa shape index (κ2) is 28.9. The third kappa shape index (κ3) is 13.6. The van der Waals surface area contributed by atoms with Gasteiger partial charge in [-0.15, -0.1) is 20.4 Å². The number of hydrogen-bond acceptors (Lipinski definition) is 22. The number of nitrogens with zero attached hydrogens (tertiary/aromatic N) is 22. The molecule has 0 unspecified atom stereocenters. The molecule has 14 heterocycles. The number of pyridine rings is 4. The molecule has 30 heteroatoms. The number of ether oxygens (including phenoxy) is 4. The molecule has 102 heavy (non-hydrogen) atoms. The lowest BCUT2D eigenvalue weighted by Gasteiger charge is -2.42. The Hall–Kier alpha value is -11.1. The highest BCUT2D eigenvalue weighted by atomic mass is 16.5. The fraction of sp³-hybridized carbons (Fsp3) is 0.389. The summed E-state index contributed by atoms with van der Waals surface area (Å²) in [7, 11) is 4.30. The van der Waals surface area contributed by atoms with E-state index < -0.39 is 0 Å². The molecule has 4 aliphatic rings. The molecule has 14 rings (SSSR count). The minimum atomic E-state index is -0.182. The van der Waals surface area contributed by atoms with E-state index in [1.54, 1.807) is 44.1 Å². The first-order valence-electron chi connectivity index (χ1n) is 34.6. The molecule has 0 amide bonds. The number of piperazine rings is 2. The number of rotatable bonds is 23. The Bertz CT molecular complexity index is 5030. The van der Waals surface area contributed by atoms with E-state index in [0.717, 1.165) is 110 Å². The Kier molecular flexibility index (Phi) is 19.3. The van der Waals surface area contributed by atoms with Crippen LogP contribution in [-0.2, 0) is 13.1 Å². The molecule has 2 saturated heterocycles. The van der Waals surface area contributed by atoms with Crippen LogP contribution in [-0.4, -0.2) is 228 Å². The van der Waals surface area contributed by atoms with E-state index in [2.05, 4.69) is 43.7 Å². The van der Waals surface area contributed by atoms with Gasteiger partial charge in [-0.05, 0) is 141 Å². The zero-order chi connectivity index (χ0) is 71.0. The van der Waals surface area contributed by atoms with E-state index in [1.165, 1.54) is 12.2 Å². The third-order valence-electron chi connectivity index (χ3n) is 19.6. The van der Waals surface area contributed by atoms with Crippen LogP contribution in [0.2, 0.25) is 0 Å². The van der Waals surface area contributed by atoms with Gasteiger partial charge >= 0.3 is 0 Å². The van der Waals surface area contributed by atoms with E-state index >= 15 is 0 Å². The Labute approximate surface area is 590 Å². The summed E-state index contributed by atoms with van der Waals surface area (Å²) < 4.78 is 38.1. The number of nitrogens with two attached hydrogens (primary N) is 2. The molecule has 30 nitrogen and oxygen atoms in total. The molecule has 530 valence electrons. The van der Waals surface area contributed by atoms with Gasteiger partial charge in [0.15, 0.2) is 46.1 Å². The van der Waals surface area contributed by atoms with E-state index in [9.17, 15) is 10.8 Å². The van der Waals surface area contributed by atoms with Crippen LogP contribution in [0.4, 0.5) is 22.7 Å². The molecule has 4 aliphatic heterocycles. The highest BCUT2D eigenvalue weighted by Gasteiger charge is 2.43. The molecule has 0 atom stereocenters. The average molecular weight is 1380 g/mol. The number of amidine groups is 4. The van der Waals surface area contributed by atoms with Crippen LogP contribution in [0.15, 0.2) is 129 Å². The van der Waals surface area contributed by atoms with Crippen LogP contribution in [0.25, 0.3) is 22.1 Å². The van der Waals surface area contributed by atoms with Crippen molar-refractivity contribution in [3.63, 3.8) is 0 Å². The lowest BCUT2D eigenvalue weighted by molar-refractivity contribution is 0.145. The third-order valence-corrected chi connectivity index (χ3v) is 19.6. The molecule has 0 saturated carbocycles. The largest absolute Gasteiger partial charge is 0.475 e. The lowest BCUT2D eigenvalue weighted by Crippen LogP contribution is -2.63. The van der Waals surface area contributed by atoms with Crippen molar-refractivity contribution in [3.8, 4) is 23.5 Å². The van der Waals surface area contributed by atoms with Crippen molar-refractivity contribution >= 4 is 79.6 Å². The Morgan fingerprint density at radius 1 is 0.402 bits per heavy atom. The summed E-state index contributed by atoms with van der Waals surface area (Å²) in [6.45, 7) is 27.3. The second-order valence-corrected chi connectivity index (χ2v) is 26.6. The minimum Gasteiger partial charge on any atom is -0.475 e. The van der Waals surface area contributed by atoms with E-state index in [-0.39, 0.29) is 94.3 Å². The number of hydrazine groups is 1. The van der Waals surface area contributed by atoms with E-state index in [4.69, 9.17) is 70.8 Å². The van der Waals surface area contributed by atoms with Gasteiger partial charge in [-0.25, -0.2) is 58.0 Å². The van der Waals surface area contributed by atoms with Crippen molar-refractivity contribution in [2.75, 3.05) is 106 Å². The Balaban J connectivity index is 1.03. The van der Waals surface area contributed by atoms with E-state index in [1.807, 2.05) is 134 Å². The zero-order valence-corrected chi connectivity index (χ0v) is 59.6. The van der Waals surface area contributed by atoms with Gasteiger partial charge in [0.05, 0.1) is 72.4 Å². The van der Waals surface area contributed by atoms with Gasteiger partial charge in [0.1, 0.15) is 24.6 Å². The van der Waals surface area contributed by atoms with Gasteiger partial charge in [0.25, 0.3) is 23.5 Å². The van der Waals surface area contributed by atoms with Crippen molar-refractivity contribution in [2.45, 2.75) is 81.3 Å². The van der Waals surface area contributed by atoms with Crippen LogP contribution in [0, 0.1) is 66.2 Å². The molecule has 0 bridgehead atoms. The normalized spacial score (nSPS) is 17.9. The van der Waals surface area contributed by atoms with Gasteiger partial charge in [-0.2, -0.15) is 0 Å². The number of aliphatic imine (C=N–C) groups is 4. The summed E-state index contributed by atoms with van der Waals surface area (Å²) in [5, 5.41) is 44.4. The summed E-state index contributed by atoms with van der Waals surface area (Å²) in [6, 6.07) is 15.8. The summed E-state index contributed by atoms with van der Waals surface area (Å²) in [4.78, 5) is 40.6. The summed E-state index contributed by atoms with van der Waals surface area (Å²) in [6.07, 6.45) is 15.0. The molecule has 0 aromatic carbocycles. The molecule has 10 aromatic rings. The molecule has 0 radical (unpaired) electrons. The van der Waals surface area contributed by atoms with Crippen LogP contribution < -0.4 is 30.4 Å². The van der Waals surface area contributed by atoms with Crippen molar-refractivity contribution in [1.29, 1.82) is 10.8 Å². The quantitative estimate of drug-likeness (QED) is 0.0443. The first-order valence-corrected chi connectivity index (χ1v) is 34.6. The van der Waals surface area contributed by atoms with Crippen LogP contribution in [0.1, 0.15) is 57.9 Å². The van der Waals surface area contributed by atoms with Gasteiger partial charge < -0.3 is 59.1 Å². The van der Waals surface area contributed by atoms with Crippen LogP contribution in [0.3, 0.4) is 0 Å². The number of hydrogen-bond donors (Lipinski definition) is 4. The Morgan fingerprint density at radius 3 is 1.01 bits per heavy atom. The minimum absolute atomic E-state index is 0.00547. The molecule has 2 fully saturated rings. The standard InChI is InChI=1S/C72H88N26O4/c1-45-13-17-57-61(69(83-93(57)49(45)5)99-37-11-23-89-31-27-87(9)28-32-89)79-65-53(73)41-54(74)66(80-62-58-18-14-46(2)50(6)94(58)84-70(62)100-38-12-24-90-33-29-88(10)30-34-90)97(65)98-67(81-63-59-19-15-47(3)51(7)95(59)85-71(63)101-39-35-91-25-21-77-43-91)55(75)42-56(76)68(98)82-64-60-20-16-48(4)52(8)96(60)86-72(64)102-40-36-92-26-22-78-44-92/h13-22,25-26,41-44,73,75H,11-12,23-24,27-40,74,76H2,1-10H3. The van der Waals surface area contributed by atoms with Gasteiger partial charge in [0.2, 0.25) is 0 Å². The molecular weight excluding hydrogens is 1290 g/mol. The highest BCUT2D eigenvalue weighted by Crippen LogP contribution is 2.41. The summed E-state index contributed by atoms with van der Waals surface area (Å²) >= 11 is 0. The maximum Gasteiger partial charge on any atom is 0.260 e. The van der Waals surface area contributed by atoms with Crippen molar-refractivity contribution in [3.05, 3.63) is 155 Å². The first kappa shape index (κ1) is 68.1. The van der Waals surface area contributed by atoms with Gasteiger partial charge in [-0.3, -0.25) is 10.8 Å². The predicted molar refractivity (Wildman–Crippen MR) is 394 cm³/mol. The number of likely N-dealkylation sites (N-methyl/N-ethyl adjacent to an activating group) is 2. The second-order valence-electron chi connectivity index (χ2n) is 26.6. The zero-order valence-electron chi connectivity index (χ0n) is 59.6. The molecule has 6 N–H and O–H groups in total. The van der Waals surface area contributed by atoms with Crippen LogP contribution >= 0.6 is 0 Å². The van der Waals surface area contributed by atoms with Gasteiger partial charge in [-0.1, -0.05) is 24.3 Å². The molecule has 0 spiro atoms.